The van der Waals surface area contributed by atoms with Gasteiger partial charge in [0.15, 0.2) is 0 Å². The van der Waals surface area contributed by atoms with E-state index in [0.29, 0.717) is 0 Å². The third kappa shape index (κ3) is 4.52. The lowest BCUT2D eigenvalue weighted by molar-refractivity contribution is -0.384. The summed E-state index contributed by atoms with van der Waals surface area (Å²) in [6.07, 6.45) is 0. The number of halogens is 1. The first-order valence-electron chi connectivity index (χ1n) is 4.91. The van der Waals surface area contributed by atoms with Crippen LogP contribution in [0.2, 0.25) is 5.15 Å². The molecule has 0 spiro atoms. The summed E-state index contributed by atoms with van der Waals surface area (Å²) in [5, 5.41) is 13.5. The highest BCUT2D eigenvalue weighted by molar-refractivity contribution is 6.29. The van der Waals surface area contributed by atoms with Gasteiger partial charge in [-0.15, -0.1) is 0 Å². The average molecular weight is 275 g/mol. The Labute approximate surface area is 107 Å². The van der Waals surface area contributed by atoms with Crippen molar-refractivity contribution in [3.05, 3.63) is 27.4 Å². The molecule has 0 aliphatic rings. The second-order valence-electron chi connectivity index (χ2n) is 3.20. The third-order valence-electron chi connectivity index (χ3n) is 1.82. The second kappa shape index (κ2) is 6.72. The van der Waals surface area contributed by atoms with Crippen LogP contribution in [-0.4, -0.2) is 35.6 Å². The molecule has 1 heterocycles. The van der Waals surface area contributed by atoms with E-state index in [0.717, 1.165) is 0 Å². The smallest absolute Gasteiger partial charge is 0.311 e. The van der Waals surface area contributed by atoms with E-state index in [1.54, 1.807) is 0 Å². The summed E-state index contributed by atoms with van der Waals surface area (Å²) in [7, 11) is 0. The molecule has 0 saturated carbocycles. The van der Waals surface area contributed by atoms with Crippen LogP contribution >= 0.6 is 11.6 Å². The number of hydrogen-bond donors (Lipinski definition) is 2. The van der Waals surface area contributed by atoms with Gasteiger partial charge >= 0.3 is 5.69 Å². The fraction of sp³-hybridized carbons (Fsp3) is 0.333. The number of rotatable bonds is 7. The Morgan fingerprint density at radius 3 is 2.94 bits per heavy atom. The maximum Gasteiger partial charge on any atom is 0.311 e. The van der Waals surface area contributed by atoms with Gasteiger partial charge in [0, 0.05) is 12.6 Å². The van der Waals surface area contributed by atoms with Crippen molar-refractivity contribution in [2.75, 3.05) is 25.1 Å². The Hall–Kier alpha value is -1.93. The molecule has 0 aromatic carbocycles. The number of pyridine rings is 1. The summed E-state index contributed by atoms with van der Waals surface area (Å²) in [5.74, 6) is -0.531. The molecule has 3 N–H and O–H groups in total. The largest absolute Gasteiger partial charge is 0.370 e. The summed E-state index contributed by atoms with van der Waals surface area (Å²) in [6, 6.07) is 2.58. The fourth-order valence-corrected chi connectivity index (χ4v) is 1.27. The van der Waals surface area contributed by atoms with Gasteiger partial charge in [0.25, 0.3) is 0 Å². The number of nitrogens with one attached hydrogen (secondary N) is 1. The van der Waals surface area contributed by atoms with Crippen LogP contribution in [0.3, 0.4) is 0 Å². The monoisotopic (exact) mass is 274 g/mol. The quantitative estimate of drug-likeness (QED) is 0.324. The Balaban J connectivity index is 2.53. The van der Waals surface area contributed by atoms with E-state index in [4.69, 9.17) is 22.1 Å². The van der Waals surface area contributed by atoms with Gasteiger partial charge in [0.1, 0.15) is 11.8 Å². The molecule has 18 heavy (non-hydrogen) atoms. The normalized spacial score (nSPS) is 10.1. The molecule has 0 atom stereocenters. The van der Waals surface area contributed by atoms with Gasteiger partial charge in [0.2, 0.25) is 11.7 Å². The van der Waals surface area contributed by atoms with Crippen LogP contribution in [0.25, 0.3) is 0 Å². The van der Waals surface area contributed by atoms with Gasteiger partial charge < -0.3 is 15.8 Å². The highest BCUT2D eigenvalue weighted by atomic mass is 35.5. The minimum absolute atomic E-state index is 0.0511. The molecule has 98 valence electrons. The van der Waals surface area contributed by atoms with Crippen molar-refractivity contribution >= 4 is 29.0 Å². The second-order valence-corrected chi connectivity index (χ2v) is 3.59. The lowest BCUT2D eigenvalue weighted by Crippen LogP contribution is -2.20. The van der Waals surface area contributed by atoms with Crippen LogP contribution in [0.5, 0.6) is 0 Å². The maximum atomic E-state index is 10.7. The van der Waals surface area contributed by atoms with E-state index >= 15 is 0 Å². The first-order valence-corrected chi connectivity index (χ1v) is 5.29. The van der Waals surface area contributed by atoms with E-state index in [1.807, 2.05) is 0 Å². The Morgan fingerprint density at radius 2 is 2.33 bits per heavy atom. The van der Waals surface area contributed by atoms with Crippen molar-refractivity contribution in [3.8, 4) is 0 Å². The van der Waals surface area contributed by atoms with Gasteiger partial charge in [-0.05, 0) is 6.07 Å². The molecule has 1 amide bonds. The van der Waals surface area contributed by atoms with Crippen LogP contribution < -0.4 is 11.1 Å². The molecule has 1 aromatic rings. The van der Waals surface area contributed by atoms with E-state index in [-0.39, 0.29) is 36.4 Å². The topological polar surface area (TPSA) is 120 Å². The van der Waals surface area contributed by atoms with E-state index in [9.17, 15) is 14.9 Å². The lowest BCUT2D eigenvalue weighted by atomic mass is 10.4. The Kier molecular flexibility index (Phi) is 5.28. The molecule has 0 fully saturated rings. The molecule has 0 radical (unpaired) electrons. The van der Waals surface area contributed by atoms with E-state index in [2.05, 4.69) is 10.3 Å². The number of anilines is 1. The van der Waals surface area contributed by atoms with Crippen LogP contribution in [-0.2, 0) is 9.53 Å². The fourth-order valence-electron chi connectivity index (χ4n) is 1.12. The average Bonchev–Trinajstić information content (AvgIpc) is 2.27. The molecular formula is C9H11ClN4O4. The number of amides is 1. The van der Waals surface area contributed by atoms with Crippen LogP contribution in [0.4, 0.5) is 11.5 Å². The van der Waals surface area contributed by atoms with Crippen molar-refractivity contribution in [3.63, 3.8) is 0 Å². The number of ether oxygens (including phenoxy) is 1. The minimum Gasteiger partial charge on any atom is -0.370 e. The Bertz CT molecular complexity index is 454. The van der Waals surface area contributed by atoms with Gasteiger partial charge in [0.05, 0.1) is 11.5 Å². The highest BCUT2D eigenvalue weighted by Gasteiger charge is 2.14. The lowest BCUT2D eigenvalue weighted by Gasteiger charge is -2.06. The number of aromatic nitrogens is 1. The predicted octanol–water partition coefficient (Wildman–Crippen LogP) is 0.557. The van der Waals surface area contributed by atoms with Crippen LogP contribution in [0, 0.1) is 10.1 Å². The van der Waals surface area contributed by atoms with E-state index in [1.165, 1.54) is 12.1 Å². The minimum atomic E-state index is -0.582. The molecule has 8 nitrogen and oxygen atoms in total. The number of hydrogen-bond acceptors (Lipinski definition) is 6. The number of nitrogens with zero attached hydrogens (tertiary/aromatic N) is 2. The molecule has 9 heteroatoms. The maximum absolute atomic E-state index is 10.7. The van der Waals surface area contributed by atoms with Crippen molar-refractivity contribution in [1.82, 2.24) is 4.98 Å². The molecule has 0 aliphatic heterocycles. The SMILES string of the molecule is NC(=O)COCCNc1nc(Cl)ccc1[N+](=O)[O-]. The number of carbonyl (C=O) groups excluding carboxylic acids is 1. The van der Waals surface area contributed by atoms with Gasteiger partial charge in [-0.3, -0.25) is 14.9 Å². The number of carbonyl (C=O) groups is 1. The number of nitrogens with two attached hydrogens (primary N) is 1. The number of nitro groups is 1. The van der Waals surface area contributed by atoms with Crippen LogP contribution in [0.15, 0.2) is 12.1 Å². The zero-order valence-electron chi connectivity index (χ0n) is 9.26. The summed E-state index contributed by atoms with van der Waals surface area (Å²) < 4.78 is 4.88. The molecule has 1 aromatic heterocycles. The van der Waals surface area contributed by atoms with Crippen molar-refractivity contribution in [2.24, 2.45) is 5.73 Å². The van der Waals surface area contributed by atoms with Crippen LogP contribution in [0.1, 0.15) is 0 Å². The first kappa shape index (κ1) is 14.1. The van der Waals surface area contributed by atoms with Gasteiger partial charge in [-0.2, -0.15) is 0 Å². The zero-order chi connectivity index (χ0) is 13.5. The Morgan fingerprint density at radius 1 is 1.61 bits per heavy atom. The third-order valence-corrected chi connectivity index (χ3v) is 2.03. The number of primary amides is 1. The zero-order valence-corrected chi connectivity index (χ0v) is 10.0. The van der Waals surface area contributed by atoms with E-state index < -0.39 is 10.8 Å². The summed E-state index contributed by atoms with van der Waals surface area (Å²) in [4.78, 5) is 24.3. The summed E-state index contributed by atoms with van der Waals surface area (Å²) in [6.45, 7) is 0.197. The molecule has 1 rings (SSSR count). The van der Waals surface area contributed by atoms with Crippen molar-refractivity contribution in [1.29, 1.82) is 0 Å². The summed E-state index contributed by atoms with van der Waals surface area (Å²) in [5.41, 5.74) is 4.68. The predicted molar refractivity (Wildman–Crippen MR) is 64.4 cm³/mol. The highest BCUT2D eigenvalue weighted by Crippen LogP contribution is 2.23. The molecule has 0 saturated heterocycles. The summed E-state index contributed by atoms with van der Waals surface area (Å²) >= 11 is 5.64. The van der Waals surface area contributed by atoms with Gasteiger partial charge in [-0.1, -0.05) is 11.6 Å². The standard InChI is InChI=1S/C9H11ClN4O4/c10-7-2-1-6(14(16)17)9(13-7)12-3-4-18-5-8(11)15/h1-2H,3-5H2,(H2,11,15)(H,12,13). The van der Waals surface area contributed by atoms with Crippen molar-refractivity contribution < 1.29 is 14.5 Å². The van der Waals surface area contributed by atoms with Gasteiger partial charge in [-0.25, -0.2) is 4.98 Å². The first-order chi connectivity index (χ1) is 8.50. The molecular weight excluding hydrogens is 264 g/mol. The molecule has 0 aliphatic carbocycles. The van der Waals surface area contributed by atoms with Crippen molar-refractivity contribution in [2.45, 2.75) is 0 Å². The molecule has 0 unspecified atom stereocenters. The molecule has 0 bridgehead atoms.